The minimum Gasteiger partial charge on any atom is -0.478 e. The molecule has 6 heteroatoms. The van der Waals surface area contributed by atoms with Crippen molar-refractivity contribution in [3.63, 3.8) is 0 Å². The van der Waals surface area contributed by atoms with Gasteiger partial charge in [0, 0.05) is 24.4 Å². The quantitative estimate of drug-likeness (QED) is 0.889. The van der Waals surface area contributed by atoms with E-state index in [4.69, 9.17) is 4.74 Å². The summed E-state index contributed by atoms with van der Waals surface area (Å²) in [5, 5.41) is 3.02. The Hall–Kier alpha value is -2.24. The van der Waals surface area contributed by atoms with Crippen molar-refractivity contribution in [3.8, 4) is 5.88 Å². The Morgan fingerprint density at radius 1 is 1.10 bits per heavy atom. The van der Waals surface area contributed by atoms with Gasteiger partial charge in [0.2, 0.25) is 11.8 Å². The van der Waals surface area contributed by atoms with E-state index >= 15 is 0 Å². The summed E-state index contributed by atoms with van der Waals surface area (Å²) in [6.45, 7) is 4.72. The number of aryl methyl sites for hydroxylation is 1. The fourth-order valence-corrected chi connectivity index (χ4v) is 1.91. The van der Waals surface area contributed by atoms with Crippen LogP contribution in [0.3, 0.4) is 0 Å². The molecule has 0 aliphatic heterocycles. The number of aromatic nitrogens is 2. The molecule has 0 spiro atoms. The number of hydrogen-bond acceptors (Lipinski definition) is 4. The molecule has 1 heterocycles. The number of halogens is 2. The Morgan fingerprint density at radius 2 is 1.81 bits per heavy atom. The van der Waals surface area contributed by atoms with Crippen molar-refractivity contribution in [1.82, 2.24) is 9.97 Å². The highest BCUT2D eigenvalue weighted by Crippen LogP contribution is 2.12. The van der Waals surface area contributed by atoms with E-state index in [1.165, 1.54) is 12.1 Å². The van der Waals surface area contributed by atoms with E-state index in [9.17, 15) is 8.78 Å². The number of rotatable bonds is 6. The van der Waals surface area contributed by atoms with E-state index in [2.05, 4.69) is 15.3 Å². The molecule has 0 saturated heterocycles. The van der Waals surface area contributed by atoms with Crippen molar-refractivity contribution < 1.29 is 13.5 Å². The van der Waals surface area contributed by atoms with Crippen LogP contribution in [0, 0.1) is 18.6 Å². The smallest absolute Gasteiger partial charge is 0.226 e. The molecule has 1 aromatic carbocycles. The topological polar surface area (TPSA) is 47.0 Å². The van der Waals surface area contributed by atoms with E-state index in [0.717, 1.165) is 11.8 Å². The molecule has 0 unspecified atom stereocenters. The van der Waals surface area contributed by atoms with Crippen molar-refractivity contribution in [2.75, 3.05) is 18.5 Å². The number of hydrogen-bond donors (Lipinski definition) is 1. The van der Waals surface area contributed by atoms with Gasteiger partial charge in [0.1, 0.15) is 11.6 Å². The molecule has 0 radical (unpaired) electrons. The number of nitrogens with zero attached hydrogens (tertiary/aromatic N) is 2. The Kier molecular flexibility index (Phi) is 5.03. The second-order valence-electron chi connectivity index (χ2n) is 4.56. The van der Waals surface area contributed by atoms with Gasteiger partial charge in [0.15, 0.2) is 0 Å². The lowest BCUT2D eigenvalue weighted by Gasteiger charge is -2.08. The third kappa shape index (κ3) is 4.66. The average Bonchev–Trinajstić information content (AvgIpc) is 2.37. The molecule has 112 valence electrons. The van der Waals surface area contributed by atoms with E-state index in [1.807, 2.05) is 13.8 Å². The lowest BCUT2D eigenvalue weighted by molar-refractivity contribution is 0.326. The third-order valence-corrected chi connectivity index (χ3v) is 2.74. The molecule has 0 aliphatic rings. The first kappa shape index (κ1) is 15.2. The van der Waals surface area contributed by atoms with Gasteiger partial charge in [-0.3, -0.25) is 0 Å². The van der Waals surface area contributed by atoms with Crippen LogP contribution >= 0.6 is 0 Å². The Labute approximate surface area is 122 Å². The molecule has 1 aromatic heterocycles. The molecule has 4 nitrogen and oxygen atoms in total. The summed E-state index contributed by atoms with van der Waals surface area (Å²) in [4.78, 5) is 8.43. The van der Waals surface area contributed by atoms with Crippen molar-refractivity contribution >= 4 is 5.95 Å². The number of ether oxygens (including phenoxy) is 1. The lowest BCUT2D eigenvalue weighted by Crippen LogP contribution is -2.09. The maximum absolute atomic E-state index is 13.1. The molecule has 21 heavy (non-hydrogen) atoms. The lowest BCUT2D eigenvalue weighted by atomic mass is 10.1. The van der Waals surface area contributed by atoms with E-state index in [0.29, 0.717) is 37.0 Å². The second kappa shape index (κ2) is 6.97. The zero-order chi connectivity index (χ0) is 15.2. The predicted molar refractivity (Wildman–Crippen MR) is 76.5 cm³/mol. The van der Waals surface area contributed by atoms with Gasteiger partial charge in [-0.1, -0.05) is 0 Å². The zero-order valence-electron chi connectivity index (χ0n) is 12.0. The van der Waals surface area contributed by atoms with Crippen molar-refractivity contribution in [2.45, 2.75) is 20.3 Å². The number of benzene rings is 1. The highest BCUT2D eigenvalue weighted by atomic mass is 19.1. The molecule has 1 N–H and O–H groups in total. The summed E-state index contributed by atoms with van der Waals surface area (Å²) >= 11 is 0. The van der Waals surface area contributed by atoms with Gasteiger partial charge < -0.3 is 10.1 Å². The van der Waals surface area contributed by atoms with Crippen molar-refractivity contribution in [3.05, 3.63) is 47.2 Å². The molecule has 0 saturated carbocycles. The van der Waals surface area contributed by atoms with Gasteiger partial charge in [0.05, 0.1) is 6.61 Å². The van der Waals surface area contributed by atoms with Gasteiger partial charge in [0.25, 0.3) is 0 Å². The Bertz CT molecular complexity index is 600. The molecule has 2 aromatic rings. The third-order valence-electron chi connectivity index (χ3n) is 2.74. The summed E-state index contributed by atoms with van der Waals surface area (Å²) in [5.41, 5.74) is 1.37. The Balaban J connectivity index is 1.96. The van der Waals surface area contributed by atoms with E-state index in [-0.39, 0.29) is 0 Å². The summed E-state index contributed by atoms with van der Waals surface area (Å²) < 4.78 is 31.5. The monoisotopic (exact) mass is 293 g/mol. The summed E-state index contributed by atoms with van der Waals surface area (Å²) in [5.74, 6) is -0.203. The fraction of sp³-hybridized carbons (Fsp3) is 0.333. The molecule has 0 atom stereocenters. The molecule has 0 amide bonds. The van der Waals surface area contributed by atoms with Crippen LogP contribution in [-0.4, -0.2) is 23.1 Å². The first-order chi connectivity index (χ1) is 10.1. The molecular formula is C15H17F2N3O. The van der Waals surface area contributed by atoms with Crippen LogP contribution in [0.2, 0.25) is 0 Å². The molecule has 0 aliphatic carbocycles. The van der Waals surface area contributed by atoms with Crippen molar-refractivity contribution in [2.24, 2.45) is 0 Å². The van der Waals surface area contributed by atoms with E-state index in [1.54, 1.807) is 6.07 Å². The highest BCUT2D eigenvalue weighted by Gasteiger charge is 2.04. The average molecular weight is 293 g/mol. The number of anilines is 1. The zero-order valence-corrected chi connectivity index (χ0v) is 12.0. The van der Waals surface area contributed by atoms with Gasteiger partial charge in [-0.2, -0.15) is 4.98 Å². The van der Waals surface area contributed by atoms with Crippen LogP contribution in [0.5, 0.6) is 5.88 Å². The number of nitrogens with one attached hydrogen (secondary N) is 1. The van der Waals surface area contributed by atoms with Crippen LogP contribution in [-0.2, 0) is 6.42 Å². The summed E-state index contributed by atoms with van der Waals surface area (Å²) in [6.07, 6.45) is 0.468. The predicted octanol–water partition coefficient (Wildman–Crippen LogP) is 3.12. The standard InChI is InChI=1S/C15H17F2N3O/c1-3-21-14-6-10(2)19-15(20-14)18-5-4-11-7-12(16)9-13(17)8-11/h6-9H,3-5H2,1-2H3,(H,18,19,20). The first-order valence-corrected chi connectivity index (χ1v) is 6.74. The SMILES string of the molecule is CCOc1cc(C)nc(NCCc2cc(F)cc(F)c2)n1. The largest absolute Gasteiger partial charge is 0.478 e. The van der Waals surface area contributed by atoms with Crippen molar-refractivity contribution in [1.29, 1.82) is 0 Å². The van der Waals surface area contributed by atoms with Gasteiger partial charge in [-0.05, 0) is 38.0 Å². The van der Waals surface area contributed by atoms with Crippen LogP contribution in [0.1, 0.15) is 18.2 Å². The van der Waals surface area contributed by atoms with Gasteiger partial charge in [-0.25, -0.2) is 13.8 Å². The molecule has 0 fully saturated rings. The van der Waals surface area contributed by atoms with Crippen LogP contribution in [0.4, 0.5) is 14.7 Å². The van der Waals surface area contributed by atoms with Crippen LogP contribution in [0.25, 0.3) is 0 Å². The summed E-state index contributed by atoms with van der Waals surface area (Å²) in [6, 6.07) is 5.23. The first-order valence-electron chi connectivity index (χ1n) is 6.74. The molecular weight excluding hydrogens is 276 g/mol. The molecule has 2 rings (SSSR count). The Morgan fingerprint density at radius 3 is 2.48 bits per heavy atom. The van der Waals surface area contributed by atoms with Gasteiger partial charge in [-0.15, -0.1) is 0 Å². The van der Waals surface area contributed by atoms with E-state index < -0.39 is 11.6 Å². The highest BCUT2D eigenvalue weighted by molar-refractivity contribution is 5.31. The summed E-state index contributed by atoms with van der Waals surface area (Å²) in [7, 11) is 0. The minimum atomic E-state index is -0.574. The maximum Gasteiger partial charge on any atom is 0.226 e. The minimum absolute atomic E-state index is 0.440. The van der Waals surface area contributed by atoms with Crippen LogP contribution in [0.15, 0.2) is 24.3 Å². The van der Waals surface area contributed by atoms with Crippen LogP contribution < -0.4 is 10.1 Å². The molecule has 0 bridgehead atoms. The van der Waals surface area contributed by atoms with Gasteiger partial charge >= 0.3 is 0 Å². The second-order valence-corrected chi connectivity index (χ2v) is 4.56. The maximum atomic E-state index is 13.1. The fourth-order valence-electron chi connectivity index (χ4n) is 1.91. The normalized spacial score (nSPS) is 10.5.